The molecule has 5 heteroatoms. The summed E-state index contributed by atoms with van der Waals surface area (Å²) < 4.78 is 17.7. The fourth-order valence-corrected chi connectivity index (χ4v) is 2.42. The molecule has 2 rings (SSSR count). The summed E-state index contributed by atoms with van der Waals surface area (Å²) in [4.78, 5) is 11.8. The van der Waals surface area contributed by atoms with Crippen LogP contribution in [0.2, 0.25) is 5.31 Å². The maximum atomic E-state index is 11.8. The monoisotopic (exact) mass is 296 g/mol. The molecule has 0 N–H and O–H groups in total. The highest BCUT2D eigenvalue weighted by Gasteiger charge is 2.64. The standard InChI is InChI=1S/C16H29BO4/c1-13(2,3)12(18)19-11-10-16(8-9-16)17-20-14(4,5)15(6,7)21-17/h8-11H2,1-7H3. The molecule has 1 saturated heterocycles. The minimum atomic E-state index is -0.443. The molecular weight excluding hydrogens is 267 g/mol. The first-order valence-corrected chi connectivity index (χ1v) is 7.93. The smallest absolute Gasteiger partial charge is 0.464 e. The Kier molecular flexibility index (Phi) is 3.99. The molecule has 1 aliphatic heterocycles. The summed E-state index contributed by atoms with van der Waals surface area (Å²) >= 11 is 0. The average molecular weight is 296 g/mol. The topological polar surface area (TPSA) is 44.8 Å². The molecule has 1 aliphatic carbocycles. The van der Waals surface area contributed by atoms with Crippen LogP contribution in [-0.2, 0) is 18.8 Å². The van der Waals surface area contributed by atoms with Gasteiger partial charge in [-0.25, -0.2) is 0 Å². The van der Waals surface area contributed by atoms with Gasteiger partial charge >= 0.3 is 13.1 Å². The van der Waals surface area contributed by atoms with Gasteiger partial charge in [0.05, 0.1) is 23.2 Å². The van der Waals surface area contributed by atoms with E-state index in [0.717, 1.165) is 19.3 Å². The van der Waals surface area contributed by atoms with Gasteiger partial charge in [0, 0.05) is 5.31 Å². The Hall–Kier alpha value is -0.545. The summed E-state index contributed by atoms with van der Waals surface area (Å²) in [6, 6.07) is 0. The van der Waals surface area contributed by atoms with E-state index in [0.29, 0.717) is 6.61 Å². The van der Waals surface area contributed by atoms with E-state index in [9.17, 15) is 4.79 Å². The highest BCUT2D eigenvalue weighted by molar-refractivity contribution is 6.51. The Labute approximate surface area is 129 Å². The van der Waals surface area contributed by atoms with E-state index in [1.165, 1.54) is 0 Å². The second-order valence-electron chi connectivity index (χ2n) is 8.59. The molecule has 1 saturated carbocycles. The summed E-state index contributed by atoms with van der Waals surface area (Å²) in [5.74, 6) is -0.146. The lowest BCUT2D eigenvalue weighted by Crippen LogP contribution is -2.41. The number of hydrogen-bond acceptors (Lipinski definition) is 4. The van der Waals surface area contributed by atoms with Crippen LogP contribution in [0, 0.1) is 5.41 Å². The molecule has 0 unspecified atom stereocenters. The van der Waals surface area contributed by atoms with Gasteiger partial charge in [-0.3, -0.25) is 4.79 Å². The van der Waals surface area contributed by atoms with Crippen molar-refractivity contribution in [3.05, 3.63) is 0 Å². The first-order chi connectivity index (χ1) is 9.40. The van der Waals surface area contributed by atoms with Crippen LogP contribution in [-0.4, -0.2) is 30.9 Å². The summed E-state index contributed by atoms with van der Waals surface area (Å²) in [7, 11) is -0.184. The summed E-state index contributed by atoms with van der Waals surface area (Å²) in [6.45, 7) is 14.3. The van der Waals surface area contributed by atoms with Crippen molar-refractivity contribution in [1.82, 2.24) is 0 Å². The third-order valence-electron chi connectivity index (χ3n) is 5.09. The second kappa shape index (κ2) is 4.99. The number of rotatable bonds is 4. The Bertz CT molecular complexity index is 402. The minimum absolute atomic E-state index is 0.0310. The van der Waals surface area contributed by atoms with Gasteiger partial charge in [-0.1, -0.05) is 0 Å². The number of esters is 1. The lowest BCUT2D eigenvalue weighted by molar-refractivity contribution is -0.153. The maximum Gasteiger partial charge on any atom is 0.464 e. The van der Waals surface area contributed by atoms with Crippen LogP contribution in [0.15, 0.2) is 0 Å². The molecule has 4 nitrogen and oxygen atoms in total. The molecule has 0 aromatic heterocycles. The maximum absolute atomic E-state index is 11.8. The molecule has 2 fully saturated rings. The fourth-order valence-electron chi connectivity index (χ4n) is 2.42. The van der Waals surface area contributed by atoms with Crippen molar-refractivity contribution in [3.8, 4) is 0 Å². The van der Waals surface area contributed by atoms with Crippen LogP contribution in [0.4, 0.5) is 0 Å². The molecule has 120 valence electrons. The van der Waals surface area contributed by atoms with Crippen LogP contribution in [0.5, 0.6) is 0 Å². The van der Waals surface area contributed by atoms with Crippen LogP contribution in [0.25, 0.3) is 0 Å². The van der Waals surface area contributed by atoms with Crippen molar-refractivity contribution in [2.75, 3.05) is 6.61 Å². The molecule has 0 spiro atoms. The highest BCUT2D eigenvalue weighted by Crippen LogP contribution is 2.62. The van der Waals surface area contributed by atoms with Crippen molar-refractivity contribution in [2.45, 2.75) is 84.2 Å². The minimum Gasteiger partial charge on any atom is -0.465 e. The molecule has 2 aliphatic rings. The normalized spacial score (nSPS) is 25.8. The zero-order valence-corrected chi connectivity index (χ0v) is 14.5. The van der Waals surface area contributed by atoms with E-state index < -0.39 is 5.41 Å². The van der Waals surface area contributed by atoms with Crippen molar-refractivity contribution < 1.29 is 18.8 Å². The molecular formula is C16H29BO4. The zero-order chi connectivity index (χ0) is 16.1. The van der Waals surface area contributed by atoms with Crippen LogP contribution >= 0.6 is 0 Å². The number of carbonyl (C=O) groups is 1. The average Bonchev–Trinajstić information content (AvgIpc) is 3.02. The molecule has 0 aromatic carbocycles. The lowest BCUT2D eigenvalue weighted by Gasteiger charge is -2.32. The first kappa shape index (κ1) is 16.8. The van der Waals surface area contributed by atoms with Crippen LogP contribution in [0.1, 0.15) is 67.7 Å². The Balaban J connectivity index is 1.89. The van der Waals surface area contributed by atoms with Gasteiger partial charge in [0.2, 0.25) is 0 Å². The Morgan fingerprint density at radius 3 is 1.95 bits per heavy atom. The van der Waals surface area contributed by atoms with Crippen molar-refractivity contribution in [1.29, 1.82) is 0 Å². The Morgan fingerprint density at radius 1 is 1.10 bits per heavy atom. The predicted octanol–water partition coefficient (Wildman–Crippen LogP) is 3.59. The highest BCUT2D eigenvalue weighted by atomic mass is 16.7. The van der Waals surface area contributed by atoms with E-state index in [1.54, 1.807) is 0 Å². The van der Waals surface area contributed by atoms with Gasteiger partial charge < -0.3 is 14.0 Å². The zero-order valence-electron chi connectivity index (χ0n) is 14.5. The van der Waals surface area contributed by atoms with Gasteiger partial charge in [0.1, 0.15) is 0 Å². The number of ether oxygens (including phenoxy) is 1. The quantitative estimate of drug-likeness (QED) is 0.587. The second-order valence-corrected chi connectivity index (χ2v) is 8.59. The van der Waals surface area contributed by atoms with E-state index in [4.69, 9.17) is 14.0 Å². The summed E-state index contributed by atoms with van der Waals surface area (Å²) in [5.41, 5.74) is -1.04. The van der Waals surface area contributed by atoms with Gasteiger partial charge in [-0.2, -0.15) is 0 Å². The molecule has 0 amide bonds. The van der Waals surface area contributed by atoms with E-state index in [-0.39, 0.29) is 29.6 Å². The number of hydrogen-bond donors (Lipinski definition) is 0. The first-order valence-electron chi connectivity index (χ1n) is 7.93. The van der Waals surface area contributed by atoms with Gasteiger partial charge in [0.25, 0.3) is 0 Å². The molecule has 0 aromatic rings. The van der Waals surface area contributed by atoms with Gasteiger partial charge in [-0.15, -0.1) is 0 Å². The molecule has 0 radical (unpaired) electrons. The predicted molar refractivity (Wildman–Crippen MR) is 83.0 cm³/mol. The van der Waals surface area contributed by atoms with E-state index in [1.807, 2.05) is 20.8 Å². The Morgan fingerprint density at radius 2 is 1.57 bits per heavy atom. The molecule has 1 heterocycles. The largest absolute Gasteiger partial charge is 0.465 e. The third-order valence-corrected chi connectivity index (χ3v) is 5.09. The lowest BCUT2D eigenvalue weighted by atomic mass is 9.66. The van der Waals surface area contributed by atoms with E-state index in [2.05, 4.69) is 27.7 Å². The third kappa shape index (κ3) is 3.29. The molecule has 21 heavy (non-hydrogen) atoms. The van der Waals surface area contributed by atoms with Gasteiger partial charge in [-0.05, 0) is 67.7 Å². The van der Waals surface area contributed by atoms with Crippen molar-refractivity contribution >= 4 is 13.1 Å². The van der Waals surface area contributed by atoms with Crippen LogP contribution < -0.4 is 0 Å². The molecule has 0 bridgehead atoms. The van der Waals surface area contributed by atoms with E-state index >= 15 is 0 Å². The number of carbonyl (C=O) groups excluding carboxylic acids is 1. The fraction of sp³-hybridized carbons (Fsp3) is 0.938. The summed E-state index contributed by atoms with van der Waals surface area (Å²) in [5, 5.41) is 0.0310. The van der Waals surface area contributed by atoms with Crippen molar-refractivity contribution in [2.24, 2.45) is 5.41 Å². The SMILES string of the molecule is CC(C)(C)C(=O)OCCC1(B2OC(C)(C)C(C)(C)O2)CC1. The molecule has 0 atom stereocenters. The van der Waals surface area contributed by atoms with Gasteiger partial charge in [0.15, 0.2) is 0 Å². The van der Waals surface area contributed by atoms with Crippen LogP contribution in [0.3, 0.4) is 0 Å². The summed E-state index contributed by atoms with van der Waals surface area (Å²) in [6.07, 6.45) is 2.97. The van der Waals surface area contributed by atoms with Crippen molar-refractivity contribution in [3.63, 3.8) is 0 Å².